The van der Waals surface area contributed by atoms with Crippen molar-refractivity contribution in [3.05, 3.63) is 59.9 Å². The number of morpholine rings is 1. The Kier molecular flexibility index (Phi) is 7.14. The first kappa shape index (κ1) is 22.7. The van der Waals surface area contributed by atoms with Gasteiger partial charge in [-0.25, -0.2) is 0 Å². The Morgan fingerprint density at radius 3 is 2.61 bits per heavy atom. The van der Waals surface area contributed by atoms with Crippen LogP contribution in [-0.2, 0) is 9.53 Å². The van der Waals surface area contributed by atoms with Crippen molar-refractivity contribution in [1.82, 2.24) is 10.2 Å². The highest BCUT2D eigenvalue weighted by Gasteiger charge is 2.20. The topological polar surface area (TPSA) is 90.2 Å². The monoisotopic (exact) mass is 452 g/mol. The molecule has 4 rings (SSSR count). The van der Waals surface area contributed by atoms with Gasteiger partial charge in [-0.15, -0.1) is 0 Å². The van der Waals surface area contributed by atoms with E-state index >= 15 is 0 Å². The molecule has 0 bridgehead atoms. The lowest BCUT2D eigenvalue weighted by Crippen LogP contribution is -2.43. The zero-order valence-electron chi connectivity index (χ0n) is 18.8. The van der Waals surface area contributed by atoms with Crippen molar-refractivity contribution in [2.24, 2.45) is 0 Å². The van der Waals surface area contributed by atoms with Gasteiger partial charge in [0.25, 0.3) is 11.8 Å². The predicted molar refractivity (Wildman–Crippen MR) is 123 cm³/mol. The first-order valence-electron chi connectivity index (χ1n) is 11.1. The fraction of sp³-hybridized carbons (Fsp3) is 0.360. The molecule has 1 N–H and O–H groups in total. The van der Waals surface area contributed by atoms with Crippen molar-refractivity contribution < 1.29 is 28.2 Å². The molecule has 1 saturated heterocycles. The molecule has 1 aliphatic heterocycles. The molecule has 0 aliphatic carbocycles. The van der Waals surface area contributed by atoms with Crippen molar-refractivity contribution in [3.63, 3.8) is 0 Å². The van der Waals surface area contributed by atoms with Gasteiger partial charge < -0.3 is 28.8 Å². The molecular formula is C25H28N2O6. The molecule has 0 unspecified atom stereocenters. The van der Waals surface area contributed by atoms with Gasteiger partial charge in [0, 0.05) is 24.0 Å². The standard InChI is InChI=1S/C25H28N2O6/c1-3-31-23-15-19(8-9-21(23)32-16-24(28)27-10-12-30-13-11-27)25(29)26-17(2)22-14-18-6-4-5-7-20(18)33-22/h4-9,14-15,17H,3,10-13,16H2,1-2H3,(H,26,29)/t17-/m1/s1. The highest BCUT2D eigenvalue weighted by Crippen LogP contribution is 2.29. The number of rotatable bonds is 8. The summed E-state index contributed by atoms with van der Waals surface area (Å²) in [6.45, 7) is 6.19. The summed E-state index contributed by atoms with van der Waals surface area (Å²) in [4.78, 5) is 26.9. The number of para-hydroxylation sites is 1. The molecule has 3 aromatic rings. The van der Waals surface area contributed by atoms with E-state index in [1.54, 1.807) is 23.1 Å². The second-order valence-corrected chi connectivity index (χ2v) is 7.76. The maximum atomic E-state index is 12.9. The van der Waals surface area contributed by atoms with E-state index in [9.17, 15) is 9.59 Å². The molecule has 1 atom stereocenters. The Labute approximate surface area is 192 Å². The average molecular weight is 453 g/mol. The second-order valence-electron chi connectivity index (χ2n) is 7.76. The minimum Gasteiger partial charge on any atom is -0.490 e. The van der Waals surface area contributed by atoms with Crippen molar-refractivity contribution in [2.45, 2.75) is 19.9 Å². The molecule has 0 saturated carbocycles. The third-order valence-electron chi connectivity index (χ3n) is 5.44. The molecule has 174 valence electrons. The first-order valence-corrected chi connectivity index (χ1v) is 11.1. The van der Waals surface area contributed by atoms with Crippen molar-refractivity contribution in [3.8, 4) is 11.5 Å². The van der Waals surface area contributed by atoms with E-state index in [0.29, 0.717) is 55.7 Å². The number of amides is 2. The van der Waals surface area contributed by atoms with Gasteiger partial charge >= 0.3 is 0 Å². The summed E-state index contributed by atoms with van der Waals surface area (Å²) in [7, 11) is 0. The summed E-state index contributed by atoms with van der Waals surface area (Å²) in [5.41, 5.74) is 1.20. The molecule has 0 spiro atoms. The predicted octanol–water partition coefficient (Wildman–Crippen LogP) is 3.56. The summed E-state index contributed by atoms with van der Waals surface area (Å²) >= 11 is 0. The van der Waals surface area contributed by atoms with E-state index in [1.165, 1.54) is 0 Å². The summed E-state index contributed by atoms with van der Waals surface area (Å²) in [6.07, 6.45) is 0. The van der Waals surface area contributed by atoms with Gasteiger partial charge in [0.2, 0.25) is 0 Å². The quantitative estimate of drug-likeness (QED) is 0.562. The number of benzene rings is 2. The van der Waals surface area contributed by atoms with Crippen LogP contribution in [0.25, 0.3) is 11.0 Å². The molecule has 1 aliphatic rings. The summed E-state index contributed by atoms with van der Waals surface area (Å²) in [5, 5.41) is 3.94. The van der Waals surface area contributed by atoms with Crippen LogP contribution in [0.3, 0.4) is 0 Å². The van der Waals surface area contributed by atoms with E-state index in [4.69, 9.17) is 18.6 Å². The van der Waals surface area contributed by atoms with Crippen LogP contribution < -0.4 is 14.8 Å². The number of furan rings is 1. The van der Waals surface area contributed by atoms with Crippen LogP contribution in [-0.4, -0.2) is 56.2 Å². The summed E-state index contributed by atoms with van der Waals surface area (Å²) < 4.78 is 22.5. The minimum absolute atomic E-state index is 0.102. The van der Waals surface area contributed by atoms with Crippen molar-refractivity contribution in [2.75, 3.05) is 39.5 Å². The maximum Gasteiger partial charge on any atom is 0.260 e. The lowest BCUT2D eigenvalue weighted by Gasteiger charge is -2.26. The Morgan fingerprint density at radius 2 is 1.85 bits per heavy atom. The molecule has 1 fully saturated rings. The van der Waals surface area contributed by atoms with Crippen LogP contribution in [0.1, 0.15) is 36.0 Å². The summed E-state index contributed by atoms with van der Waals surface area (Å²) in [5.74, 6) is 1.13. The number of ether oxygens (including phenoxy) is 3. The number of fused-ring (bicyclic) bond motifs is 1. The third kappa shape index (κ3) is 5.46. The number of nitrogens with one attached hydrogen (secondary N) is 1. The summed E-state index contributed by atoms with van der Waals surface area (Å²) in [6, 6.07) is 14.2. The minimum atomic E-state index is -0.317. The van der Waals surface area contributed by atoms with Gasteiger partial charge in [-0.1, -0.05) is 18.2 Å². The Hall–Kier alpha value is -3.52. The molecule has 2 heterocycles. The van der Waals surface area contributed by atoms with Crippen LogP contribution in [0.5, 0.6) is 11.5 Å². The fourth-order valence-corrected chi connectivity index (χ4v) is 3.65. The smallest absolute Gasteiger partial charge is 0.260 e. The molecule has 8 nitrogen and oxygen atoms in total. The van der Waals surface area contributed by atoms with Crippen LogP contribution in [0.15, 0.2) is 52.9 Å². The van der Waals surface area contributed by atoms with Gasteiger partial charge in [0.1, 0.15) is 11.3 Å². The molecule has 2 aromatic carbocycles. The van der Waals surface area contributed by atoms with Crippen LogP contribution in [0, 0.1) is 0 Å². The number of nitrogens with zero attached hydrogens (tertiary/aromatic N) is 1. The molecule has 8 heteroatoms. The highest BCUT2D eigenvalue weighted by atomic mass is 16.5. The SMILES string of the molecule is CCOc1cc(C(=O)N[C@H](C)c2cc3ccccc3o2)ccc1OCC(=O)N1CCOCC1. The molecule has 33 heavy (non-hydrogen) atoms. The zero-order chi connectivity index (χ0) is 23.2. The van der Waals surface area contributed by atoms with Gasteiger partial charge in [-0.05, 0) is 44.2 Å². The number of hydrogen-bond acceptors (Lipinski definition) is 6. The fourth-order valence-electron chi connectivity index (χ4n) is 3.65. The van der Waals surface area contributed by atoms with Gasteiger partial charge in [0.15, 0.2) is 18.1 Å². The molecule has 2 amide bonds. The zero-order valence-corrected chi connectivity index (χ0v) is 18.8. The van der Waals surface area contributed by atoms with E-state index in [1.807, 2.05) is 44.2 Å². The number of carbonyl (C=O) groups excluding carboxylic acids is 2. The number of carbonyl (C=O) groups is 2. The third-order valence-corrected chi connectivity index (χ3v) is 5.44. The normalized spacial score (nSPS) is 14.7. The van der Waals surface area contributed by atoms with E-state index < -0.39 is 0 Å². The second kappa shape index (κ2) is 10.4. The van der Waals surface area contributed by atoms with Crippen LogP contribution in [0.2, 0.25) is 0 Å². The first-order chi connectivity index (χ1) is 16.0. The number of hydrogen-bond donors (Lipinski definition) is 1. The van der Waals surface area contributed by atoms with Crippen molar-refractivity contribution >= 4 is 22.8 Å². The van der Waals surface area contributed by atoms with Crippen LogP contribution in [0.4, 0.5) is 0 Å². The molecule has 1 aromatic heterocycles. The average Bonchev–Trinajstić information content (AvgIpc) is 3.28. The van der Waals surface area contributed by atoms with E-state index in [0.717, 1.165) is 11.0 Å². The van der Waals surface area contributed by atoms with Crippen molar-refractivity contribution in [1.29, 1.82) is 0 Å². The maximum absolute atomic E-state index is 12.9. The Morgan fingerprint density at radius 1 is 1.06 bits per heavy atom. The lowest BCUT2D eigenvalue weighted by molar-refractivity contribution is -0.137. The molecular weight excluding hydrogens is 424 g/mol. The largest absolute Gasteiger partial charge is 0.490 e. The van der Waals surface area contributed by atoms with E-state index in [-0.39, 0.29) is 24.5 Å². The Bertz CT molecular complexity index is 1090. The molecule has 0 radical (unpaired) electrons. The lowest BCUT2D eigenvalue weighted by atomic mass is 10.1. The van der Waals surface area contributed by atoms with Gasteiger partial charge in [-0.2, -0.15) is 0 Å². The van der Waals surface area contributed by atoms with Crippen LogP contribution >= 0.6 is 0 Å². The Balaban J connectivity index is 1.42. The van der Waals surface area contributed by atoms with Gasteiger partial charge in [-0.3, -0.25) is 9.59 Å². The van der Waals surface area contributed by atoms with E-state index in [2.05, 4.69) is 5.32 Å². The highest BCUT2D eigenvalue weighted by molar-refractivity contribution is 5.95. The van der Waals surface area contributed by atoms with Gasteiger partial charge in [0.05, 0.1) is 25.9 Å².